The van der Waals surface area contributed by atoms with Crippen molar-refractivity contribution in [2.24, 2.45) is 17.8 Å². The van der Waals surface area contributed by atoms with E-state index in [0.717, 1.165) is 23.3 Å². The molecule has 0 spiro atoms. The number of carbonyl (C=O) groups is 1. The van der Waals surface area contributed by atoms with Crippen LogP contribution in [0.1, 0.15) is 51.0 Å². The summed E-state index contributed by atoms with van der Waals surface area (Å²) in [5.41, 5.74) is 1.09. The van der Waals surface area contributed by atoms with Crippen LogP contribution < -0.4 is 5.32 Å². The van der Waals surface area contributed by atoms with E-state index in [2.05, 4.69) is 5.32 Å². The first-order chi connectivity index (χ1) is 11.9. The molecule has 0 aliphatic heterocycles. The van der Waals surface area contributed by atoms with Crippen LogP contribution in [-0.4, -0.2) is 29.4 Å². The lowest BCUT2D eigenvalue weighted by Gasteiger charge is -2.57. The summed E-state index contributed by atoms with van der Waals surface area (Å²) < 4.78 is 13.0. The second-order valence-electron chi connectivity index (χ2n) is 8.90. The van der Waals surface area contributed by atoms with Crippen LogP contribution in [0.15, 0.2) is 24.3 Å². The highest BCUT2D eigenvalue weighted by Gasteiger charge is 2.51. The Morgan fingerprint density at radius 1 is 1.16 bits per heavy atom. The molecule has 1 aromatic rings. The Morgan fingerprint density at radius 3 is 2.20 bits per heavy atom. The maximum Gasteiger partial charge on any atom is 0.237 e. The van der Waals surface area contributed by atoms with Gasteiger partial charge in [0.2, 0.25) is 5.91 Å². The third-order valence-corrected chi connectivity index (χ3v) is 6.81. The summed E-state index contributed by atoms with van der Waals surface area (Å²) in [5.74, 6) is 2.42. The zero-order valence-electron chi connectivity index (χ0n) is 15.3. The summed E-state index contributed by atoms with van der Waals surface area (Å²) in [6.45, 7) is 2.62. The largest absolute Gasteiger partial charge is 0.349 e. The maximum atomic E-state index is 13.0. The number of carbonyl (C=O) groups excluding carboxylic acids is 1. The highest BCUT2D eigenvalue weighted by molar-refractivity contribution is 5.82. The van der Waals surface area contributed by atoms with Gasteiger partial charge in [0.1, 0.15) is 5.82 Å². The van der Waals surface area contributed by atoms with Crippen LogP contribution in [0.3, 0.4) is 0 Å². The van der Waals surface area contributed by atoms with Crippen molar-refractivity contribution in [3.8, 4) is 0 Å². The molecule has 1 N–H and O–H groups in total. The van der Waals surface area contributed by atoms with E-state index >= 15 is 0 Å². The molecule has 4 aliphatic rings. The maximum absolute atomic E-state index is 13.0. The van der Waals surface area contributed by atoms with E-state index in [4.69, 9.17) is 0 Å². The van der Waals surface area contributed by atoms with Crippen molar-refractivity contribution >= 4 is 5.91 Å². The molecule has 0 heterocycles. The highest BCUT2D eigenvalue weighted by atomic mass is 19.1. The van der Waals surface area contributed by atoms with Crippen molar-refractivity contribution in [3.05, 3.63) is 35.6 Å². The molecule has 5 rings (SSSR count). The quantitative estimate of drug-likeness (QED) is 0.883. The second kappa shape index (κ2) is 6.39. The molecule has 4 bridgehead atoms. The molecule has 3 nitrogen and oxygen atoms in total. The van der Waals surface area contributed by atoms with Gasteiger partial charge < -0.3 is 5.32 Å². The molecule has 136 valence electrons. The molecular formula is C21H29FN2O. The number of amides is 1. The van der Waals surface area contributed by atoms with Gasteiger partial charge >= 0.3 is 0 Å². The first-order valence-corrected chi connectivity index (χ1v) is 9.69. The molecule has 1 aromatic carbocycles. The minimum atomic E-state index is -0.223. The summed E-state index contributed by atoms with van der Waals surface area (Å²) >= 11 is 0. The van der Waals surface area contributed by atoms with Crippen LogP contribution >= 0.6 is 0 Å². The Morgan fingerprint density at radius 2 is 1.68 bits per heavy atom. The zero-order valence-corrected chi connectivity index (χ0v) is 15.3. The first-order valence-electron chi connectivity index (χ1n) is 9.69. The SMILES string of the molecule is C[C@H](C(=O)NC12CC3CC(CC(C3)C1)C2)N(C)Cc1ccc(F)cc1. The van der Waals surface area contributed by atoms with Gasteiger partial charge in [-0.1, -0.05) is 12.1 Å². The number of nitrogens with one attached hydrogen (secondary N) is 1. The first kappa shape index (κ1) is 17.0. The lowest BCUT2D eigenvalue weighted by Crippen LogP contribution is -2.62. The number of hydrogen-bond donors (Lipinski definition) is 1. The Kier molecular flexibility index (Phi) is 4.35. The minimum Gasteiger partial charge on any atom is -0.349 e. The smallest absolute Gasteiger partial charge is 0.237 e. The zero-order chi connectivity index (χ0) is 17.6. The molecule has 4 fully saturated rings. The molecule has 1 amide bonds. The summed E-state index contributed by atoms with van der Waals surface area (Å²) in [5, 5.41) is 3.46. The minimum absolute atomic E-state index is 0.0663. The van der Waals surface area contributed by atoms with Gasteiger partial charge in [-0.15, -0.1) is 0 Å². The van der Waals surface area contributed by atoms with Crippen LogP contribution in [0.2, 0.25) is 0 Å². The Bertz CT molecular complexity index is 607. The Hall–Kier alpha value is -1.42. The van der Waals surface area contributed by atoms with Gasteiger partial charge in [-0.2, -0.15) is 0 Å². The highest BCUT2D eigenvalue weighted by Crippen LogP contribution is 2.55. The van der Waals surface area contributed by atoms with Gasteiger partial charge in [0.15, 0.2) is 0 Å². The van der Waals surface area contributed by atoms with Crippen molar-refractivity contribution in [2.45, 2.75) is 63.6 Å². The molecule has 0 radical (unpaired) electrons. The van der Waals surface area contributed by atoms with Crippen molar-refractivity contribution in [1.29, 1.82) is 0 Å². The number of nitrogens with zero attached hydrogens (tertiary/aromatic N) is 1. The van der Waals surface area contributed by atoms with E-state index < -0.39 is 0 Å². The summed E-state index contributed by atoms with van der Waals surface area (Å²) in [6.07, 6.45) is 7.69. The summed E-state index contributed by atoms with van der Waals surface area (Å²) in [6, 6.07) is 6.34. The lowest BCUT2D eigenvalue weighted by atomic mass is 9.53. The molecule has 4 heteroatoms. The normalized spacial score (nSPS) is 34.3. The number of hydrogen-bond acceptors (Lipinski definition) is 2. The van der Waals surface area contributed by atoms with Crippen molar-refractivity contribution < 1.29 is 9.18 Å². The van der Waals surface area contributed by atoms with E-state index in [9.17, 15) is 9.18 Å². The number of halogens is 1. The van der Waals surface area contributed by atoms with Gasteiger partial charge in [0.05, 0.1) is 6.04 Å². The molecule has 0 unspecified atom stereocenters. The van der Waals surface area contributed by atoms with Gasteiger partial charge in [0.25, 0.3) is 0 Å². The molecule has 4 aliphatic carbocycles. The third-order valence-electron chi connectivity index (χ3n) is 6.81. The fourth-order valence-electron chi connectivity index (χ4n) is 5.84. The van der Waals surface area contributed by atoms with E-state index in [-0.39, 0.29) is 23.3 Å². The average Bonchev–Trinajstić information content (AvgIpc) is 2.54. The van der Waals surface area contributed by atoms with E-state index in [0.29, 0.717) is 6.54 Å². The van der Waals surface area contributed by atoms with E-state index in [1.807, 2.05) is 18.9 Å². The number of benzene rings is 1. The Balaban J connectivity index is 1.38. The molecule has 25 heavy (non-hydrogen) atoms. The molecule has 0 saturated heterocycles. The second-order valence-corrected chi connectivity index (χ2v) is 8.90. The summed E-state index contributed by atoms with van der Waals surface area (Å²) in [4.78, 5) is 14.9. The molecule has 1 atom stereocenters. The molecule has 0 aromatic heterocycles. The van der Waals surface area contributed by atoms with E-state index in [1.54, 1.807) is 12.1 Å². The predicted octanol–water partition coefficient (Wildman–Crippen LogP) is 3.73. The fourth-order valence-corrected chi connectivity index (χ4v) is 5.84. The molecular weight excluding hydrogens is 315 g/mol. The van der Waals surface area contributed by atoms with Crippen molar-refractivity contribution in [2.75, 3.05) is 7.05 Å². The summed E-state index contributed by atoms with van der Waals surface area (Å²) in [7, 11) is 1.97. The fraction of sp³-hybridized carbons (Fsp3) is 0.667. The average molecular weight is 344 g/mol. The third kappa shape index (κ3) is 3.46. The van der Waals surface area contributed by atoms with Gasteiger partial charge in [-0.05, 0) is 87.9 Å². The van der Waals surface area contributed by atoms with Crippen molar-refractivity contribution in [1.82, 2.24) is 10.2 Å². The number of likely N-dealkylation sites (N-methyl/N-ethyl adjacent to an activating group) is 1. The van der Waals surface area contributed by atoms with Gasteiger partial charge in [-0.3, -0.25) is 9.69 Å². The predicted molar refractivity (Wildman–Crippen MR) is 96.4 cm³/mol. The number of rotatable bonds is 5. The van der Waals surface area contributed by atoms with E-state index in [1.165, 1.54) is 50.7 Å². The molecule has 4 saturated carbocycles. The van der Waals surface area contributed by atoms with Crippen LogP contribution in [0.4, 0.5) is 4.39 Å². The monoisotopic (exact) mass is 344 g/mol. The van der Waals surface area contributed by atoms with Crippen molar-refractivity contribution in [3.63, 3.8) is 0 Å². The topological polar surface area (TPSA) is 32.3 Å². The standard InChI is InChI=1S/C21H29FN2O/c1-14(24(2)13-15-3-5-19(22)6-4-15)20(25)23-21-10-16-7-17(11-21)9-18(8-16)12-21/h3-6,14,16-18H,7-13H2,1-2H3,(H,23,25)/t14-,16?,17?,18?,21?/m1/s1. The van der Waals surface area contributed by atoms with Crippen LogP contribution in [0.5, 0.6) is 0 Å². The lowest BCUT2D eigenvalue weighted by molar-refractivity contribution is -0.131. The van der Waals surface area contributed by atoms with Gasteiger partial charge in [0, 0.05) is 12.1 Å². The van der Waals surface area contributed by atoms with Crippen LogP contribution in [0, 0.1) is 23.6 Å². The Labute approximate surface area is 150 Å². The van der Waals surface area contributed by atoms with Crippen LogP contribution in [0.25, 0.3) is 0 Å². The van der Waals surface area contributed by atoms with Gasteiger partial charge in [-0.25, -0.2) is 4.39 Å². The van der Waals surface area contributed by atoms with Crippen LogP contribution in [-0.2, 0) is 11.3 Å².